The summed E-state index contributed by atoms with van der Waals surface area (Å²) >= 11 is 0. The summed E-state index contributed by atoms with van der Waals surface area (Å²) in [6.07, 6.45) is 1.47. The van der Waals surface area contributed by atoms with Crippen LogP contribution < -0.4 is 16.2 Å². The minimum Gasteiger partial charge on any atom is -0.323 e. The maximum atomic E-state index is 12.6. The van der Waals surface area contributed by atoms with Gasteiger partial charge in [-0.1, -0.05) is 12.1 Å². The number of nitrogens with one attached hydrogen (secondary N) is 1. The number of aryl methyl sites for hydroxylation is 1. The fourth-order valence-corrected chi connectivity index (χ4v) is 2.00. The first-order valence-electron chi connectivity index (χ1n) is 6.29. The molecule has 0 aliphatic heterocycles. The molecule has 0 saturated carbocycles. The van der Waals surface area contributed by atoms with E-state index in [-0.39, 0.29) is 5.91 Å². The van der Waals surface area contributed by atoms with Crippen LogP contribution in [0.3, 0.4) is 0 Å². The van der Waals surface area contributed by atoms with Crippen molar-refractivity contribution in [2.24, 2.45) is 5.84 Å². The average molecular weight is 281 g/mol. The van der Waals surface area contributed by atoms with Crippen molar-refractivity contribution in [3.63, 3.8) is 0 Å². The van der Waals surface area contributed by atoms with E-state index in [4.69, 9.17) is 11.1 Å². The summed E-state index contributed by atoms with van der Waals surface area (Å²) < 4.78 is 0. The zero-order valence-corrected chi connectivity index (χ0v) is 11.8. The Bertz CT molecular complexity index is 720. The van der Waals surface area contributed by atoms with Gasteiger partial charge in [-0.3, -0.25) is 15.6 Å². The third kappa shape index (κ3) is 2.83. The molecule has 6 nitrogen and oxygen atoms in total. The standard InChI is InChI=1S/C15H15N5O/c1-10-7-13(19-17)12(9-18-10)15(21)20(2)14-6-4-3-5-11(14)8-16/h3-7,9H,17H2,1-2H3,(H,18,19). The van der Waals surface area contributed by atoms with Gasteiger partial charge in [0, 0.05) is 18.9 Å². The van der Waals surface area contributed by atoms with Crippen molar-refractivity contribution in [1.29, 1.82) is 5.26 Å². The molecule has 0 aliphatic rings. The number of nitrogens with zero attached hydrogens (tertiary/aromatic N) is 3. The van der Waals surface area contributed by atoms with E-state index in [1.807, 2.05) is 6.92 Å². The van der Waals surface area contributed by atoms with E-state index in [9.17, 15) is 4.79 Å². The second kappa shape index (κ2) is 6.03. The Labute approximate surface area is 122 Å². The van der Waals surface area contributed by atoms with E-state index >= 15 is 0 Å². The minimum atomic E-state index is -0.293. The number of nitrogen functional groups attached to an aromatic ring is 1. The van der Waals surface area contributed by atoms with Crippen LogP contribution in [0.15, 0.2) is 36.5 Å². The number of rotatable bonds is 3. The number of benzene rings is 1. The van der Waals surface area contributed by atoms with E-state index in [1.165, 1.54) is 11.1 Å². The fraction of sp³-hybridized carbons (Fsp3) is 0.133. The van der Waals surface area contributed by atoms with Crippen molar-refractivity contribution >= 4 is 17.3 Å². The van der Waals surface area contributed by atoms with Gasteiger partial charge in [-0.2, -0.15) is 5.26 Å². The first-order chi connectivity index (χ1) is 10.1. The summed E-state index contributed by atoms with van der Waals surface area (Å²) in [6.45, 7) is 1.81. The third-order valence-electron chi connectivity index (χ3n) is 3.12. The molecular weight excluding hydrogens is 266 g/mol. The number of amides is 1. The Kier molecular flexibility index (Phi) is 4.16. The monoisotopic (exact) mass is 281 g/mol. The second-order valence-corrected chi connectivity index (χ2v) is 4.51. The van der Waals surface area contributed by atoms with E-state index in [1.54, 1.807) is 37.4 Å². The number of aromatic nitrogens is 1. The topological polar surface area (TPSA) is 95.0 Å². The van der Waals surface area contributed by atoms with Gasteiger partial charge in [0.25, 0.3) is 5.91 Å². The van der Waals surface area contributed by atoms with Crippen molar-refractivity contribution in [1.82, 2.24) is 4.98 Å². The summed E-state index contributed by atoms with van der Waals surface area (Å²) in [7, 11) is 1.61. The molecule has 106 valence electrons. The van der Waals surface area contributed by atoms with Crippen LogP contribution in [-0.2, 0) is 0 Å². The highest BCUT2D eigenvalue weighted by atomic mass is 16.2. The van der Waals surface area contributed by atoms with Gasteiger partial charge in [-0.05, 0) is 25.1 Å². The smallest absolute Gasteiger partial charge is 0.261 e. The molecule has 2 aromatic rings. The molecule has 0 spiro atoms. The van der Waals surface area contributed by atoms with E-state index in [0.29, 0.717) is 22.5 Å². The Hall–Kier alpha value is -2.91. The SMILES string of the molecule is Cc1cc(NN)c(C(=O)N(C)c2ccccc2C#N)cn1. The lowest BCUT2D eigenvalue weighted by Gasteiger charge is -2.20. The molecule has 6 heteroatoms. The molecule has 0 unspecified atom stereocenters. The third-order valence-corrected chi connectivity index (χ3v) is 3.12. The van der Waals surface area contributed by atoms with Gasteiger partial charge in [0.2, 0.25) is 0 Å². The van der Waals surface area contributed by atoms with Crippen molar-refractivity contribution in [3.8, 4) is 6.07 Å². The van der Waals surface area contributed by atoms with E-state index in [0.717, 1.165) is 5.69 Å². The maximum Gasteiger partial charge on any atom is 0.261 e. The second-order valence-electron chi connectivity index (χ2n) is 4.51. The summed E-state index contributed by atoms with van der Waals surface area (Å²) in [5.74, 6) is 5.16. The number of carbonyl (C=O) groups is 1. The predicted molar refractivity (Wildman–Crippen MR) is 80.7 cm³/mol. The van der Waals surface area contributed by atoms with Crippen LogP contribution >= 0.6 is 0 Å². The number of hydrazine groups is 1. The highest BCUT2D eigenvalue weighted by Gasteiger charge is 2.19. The first-order valence-corrected chi connectivity index (χ1v) is 6.29. The zero-order chi connectivity index (χ0) is 15.4. The molecule has 0 saturated heterocycles. The van der Waals surface area contributed by atoms with Crippen molar-refractivity contribution in [2.45, 2.75) is 6.92 Å². The normalized spacial score (nSPS) is 9.81. The number of nitriles is 1. The average Bonchev–Trinajstić information content (AvgIpc) is 2.53. The lowest BCUT2D eigenvalue weighted by atomic mass is 10.1. The lowest BCUT2D eigenvalue weighted by Crippen LogP contribution is -2.28. The van der Waals surface area contributed by atoms with Crippen LogP contribution in [0.2, 0.25) is 0 Å². The quantitative estimate of drug-likeness (QED) is 0.661. The Morgan fingerprint density at radius 2 is 2.14 bits per heavy atom. The van der Waals surface area contributed by atoms with Crippen LogP contribution in [0.5, 0.6) is 0 Å². The predicted octanol–water partition coefficient (Wildman–Crippen LogP) is 1.82. The van der Waals surface area contributed by atoms with Crippen LogP contribution in [0.4, 0.5) is 11.4 Å². The van der Waals surface area contributed by atoms with Crippen molar-refractivity contribution < 1.29 is 4.79 Å². The molecule has 1 aromatic heterocycles. The number of carbonyl (C=O) groups excluding carboxylic acids is 1. The van der Waals surface area contributed by atoms with Gasteiger partial charge in [0.1, 0.15) is 6.07 Å². The van der Waals surface area contributed by atoms with Crippen molar-refractivity contribution in [2.75, 3.05) is 17.4 Å². The van der Waals surface area contributed by atoms with Gasteiger partial charge >= 0.3 is 0 Å². The molecule has 0 atom stereocenters. The molecule has 2 rings (SSSR count). The largest absolute Gasteiger partial charge is 0.323 e. The van der Waals surface area contributed by atoms with Gasteiger partial charge in [0.15, 0.2) is 0 Å². The van der Waals surface area contributed by atoms with E-state index in [2.05, 4.69) is 16.5 Å². The summed E-state index contributed by atoms with van der Waals surface area (Å²) in [5.41, 5.74) is 5.05. The maximum absolute atomic E-state index is 12.6. The van der Waals surface area contributed by atoms with Crippen LogP contribution in [0.25, 0.3) is 0 Å². The molecule has 0 fully saturated rings. The summed E-state index contributed by atoms with van der Waals surface area (Å²) in [5, 5.41) is 9.12. The highest BCUT2D eigenvalue weighted by Crippen LogP contribution is 2.23. The Morgan fingerprint density at radius 3 is 2.81 bits per heavy atom. The lowest BCUT2D eigenvalue weighted by molar-refractivity contribution is 0.0993. The minimum absolute atomic E-state index is 0.293. The van der Waals surface area contributed by atoms with Crippen LogP contribution in [0.1, 0.15) is 21.6 Å². The molecule has 0 bridgehead atoms. The molecule has 3 N–H and O–H groups in total. The number of hydrogen-bond donors (Lipinski definition) is 2. The molecular formula is C15H15N5O. The molecule has 1 aromatic carbocycles. The number of nitrogens with two attached hydrogens (primary N) is 1. The fourth-order valence-electron chi connectivity index (χ4n) is 2.00. The van der Waals surface area contributed by atoms with E-state index < -0.39 is 0 Å². The molecule has 1 amide bonds. The van der Waals surface area contributed by atoms with Crippen LogP contribution in [-0.4, -0.2) is 17.9 Å². The number of anilines is 2. The highest BCUT2D eigenvalue weighted by molar-refractivity contribution is 6.09. The zero-order valence-electron chi connectivity index (χ0n) is 11.8. The number of para-hydroxylation sites is 1. The van der Waals surface area contributed by atoms with Gasteiger partial charge in [-0.15, -0.1) is 0 Å². The van der Waals surface area contributed by atoms with Crippen molar-refractivity contribution in [3.05, 3.63) is 53.3 Å². The van der Waals surface area contributed by atoms with Gasteiger partial charge in [-0.25, -0.2) is 0 Å². The number of pyridine rings is 1. The molecule has 1 heterocycles. The molecule has 21 heavy (non-hydrogen) atoms. The number of hydrogen-bond acceptors (Lipinski definition) is 5. The Balaban J connectivity index is 2.43. The summed E-state index contributed by atoms with van der Waals surface area (Å²) in [4.78, 5) is 18.1. The molecule has 0 aliphatic carbocycles. The first kappa shape index (κ1) is 14.5. The molecule has 0 radical (unpaired) electrons. The van der Waals surface area contributed by atoms with Gasteiger partial charge < -0.3 is 10.3 Å². The summed E-state index contributed by atoms with van der Waals surface area (Å²) in [6, 6.07) is 10.7. The Morgan fingerprint density at radius 1 is 1.43 bits per heavy atom. The van der Waals surface area contributed by atoms with Gasteiger partial charge in [0.05, 0.1) is 22.5 Å². The van der Waals surface area contributed by atoms with Crippen LogP contribution in [0, 0.1) is 18.3 Å².